The number of fused-ring (bicyclic) bond motifs is 1. The average Bonchev–Trinajstić information content (AvgIpc) is 3.47. The Labute approximate surface area is 182 Å². The monoisotopic (exact) mass is 438 g/mol. The predicted octanol–water partition coefficient (Wildman–Crippen LogP) is 6.08. The Morgan fingerprint density at radius 1 is 1.14 bits per heavy atom. The zero-order valence-corrected chi connectivity index (χ0v) is 17.9. The first-order valence-electron chi connectivity index (χ1n) is 9.46. The van der Waals surface area contributed by atoms with Gasteiger partial charge in [0.05, 0.1) is 22.5 Å². The van der Waals surface area contributed by atoms with Crippen LogP contribution in [0.15, 0.2) is 60.8 Å². The Morgan fingerprint density at radius 2 is 2.03 bits per heavy atom. The van der Waals surface area contributed by atoms with Gasteiger partial charge in [-0.25, -0.2) is 9.71 Å². The Balaban J connectivity index is 1.61. The molecule has 4 aromatic rings. The number of nitrogen functional groups attached to an aromatic ring is 1. The topological polar surface area (TPSA) is 63.8 Å². The van der Waals surface area contributed by atoms with E-state index in [4.69, 9.17) is 17.3 Å². The number of nitrogens with zero attached hydrogens (tertiary/aromatic N) is 2. The number of hydrogen-bond donors (Lipinski definition) is 2. The third-order valence-corrected chi connectivity index (χ3v) is 7.58. The van der Waals surface area contributed by atoms with Gasteiger partial charge in [-0.1, -0.05) is 47.8 Å². The first-order chi connectivity index (χ1) is 14.2. The molecule has 3 N–H and O–H groups in total. The minimum atomic E-state index is -0.120. The number of halogens is 1. The quantitative estimate of drug-likeness (QED) is 0.357. The van der Waals surface area contributed by atoms with Crippen LogP contribution in [0.3, 0.4) is 0 Å². The van der Waals surface area contributed by atoms with E-state index < -0.39 is 0 Å². The van der Waals surface area contributed by atoms with Crippen LogP contribution in [0, 0.1) is 0 Å². The molecule has 1 fully saturated rings. The molecule has 1 atom stereocenters. The van der Waals surface area contributed by atoms with Gasteiger partial charge in [0, 0.05) is 26.6 Å². The second-order valence-electron chi connectivity index (χ2n) is 7.06. The fraction of sp³-hybridized carbons (Fsp3) is 0.182. The molecule has 0 radical (unpaired) electrons. The number of aromatic nitrogens is 2. The second-order valence-corrected chi connectivity index (χ2v) is 9.69. The van der Waals surface area contributed by atoms with Gasteiger partial charge in [0.25, 0.3) is 0 Å². The van der Waals surface area contributed by atoms with E-state index in [1.165, 1.54) is 22.9 Å². The molecule has 0 amide bonds. The van der Waals surface area contributed by atoms with E-state index in [9.17, 15) is 0 Å². The molecule has 1 aromatic carbocycles. The van der Waals surface area contributed by atoms with Crippen molar-refractivity contribution in [1.29, 1.82) is 0 Å². The SMILES string of the molecule is Nc1ccc(Cl)c(C(NSC2CC2)c2cc3cccc(-c4ccccn4)c3s2)n1. The third-order valence-electron chi connectivity index (χ3n) is 4.83. The number of thiophene rings is 1. The number of rotatable bonds is 6. The number of nitrogens with one attached hydrogen (secondary N) is 1. The summed E-state index contributed by atoms with van der Waals surface area (Å²) in [6, 6.07) is 18.0. The smallest absolute Gasteiger partial charge is 0.123 e. The molecule has 3 aromatic heterocycles. The van der Waals surface area contributed by atoms with E-state index in [1.54, 1.807) is 29.4 Å². The van der Waals surface area contributed by atoms with Gasteiger partial charge in [-0.15, -0.1) is 11.3 Å². The molecule has 0 bridgehead atoms. The van der Waals surface area contributed by atoms with Gasteiger partial charge >= 0.3 is 0 Å². The average molecular weight is 439 g/mol. The zero-order chi connectivity index (χ0) is 19.8. The summed E-state index contributed by atoms with van der Waals surface area (Å²) in [7, 11) is 0. The van der Waals surface area contributed by atoms with Crippen LogP contribution in [-0.4, -0.2) is 15.2 Å². The highest BCUT2D eigenvalue weighted by atomic mass is 35.5. The van der Waals surface area contributed by atoms with Crippen LogP contribution >= 0.6 is 34.9 Å². The van der Waals surface area contributed by atoms with Gasteiger partial charge in [0.2, 0.25) is 0 Å². The molecule has 0 spiro atoms. The molecule has 0 aliphatic heterocycles. The molecule has 7 heteroatoms. The van der Waals surface area contributed by atoms with Crippen molar-refractivity contribution in [2.45, 2.75) is 24.1 Å². The van der Waals surface area contributed by atoms with Crippen LogP contribution in [0.5, 0.6) is 0 Å². The fourth-order valence-corrected chi connectivity index (χ4v) is 5.69. The minimum absolute atomic E-state index is 0.120. The van der Waals surface area contributed by atoms with Crippen molar-refractivity contribution >= 4 is 50.8 Å². The Hall–Kier alpha value is -2.12. The van der Waals surface area contributed by atoms with Crippen LogP contribution in [0.25, 0.3) is 21.3 Å². The lowest BCUT2D eigenvalue weighted by atomic mass is 10.1. The summed E-state index contributed by atoms with van der Waals surface area (Å²) in [4.78, 5) is 10.3. The zero-order valence-electron chi connectivity index (χ0n) is 15.5. The molecule has 1 aliphatic rings. The lowest BCUT2D eigenvalue weighted by Gasteiger charge is -2.18. The van der Waals surface area contributed by atoms with Crippen LogP contribution in [0.2, 0.25) is 5.02 Å². The van der Waals surface area contributed by atoms with E-state index in [-0.39, 0.29) is 6.04 Å². The second kappa shape index (κ2) is 7.95. The number of hydrogen-bond acceptors (Lipinski definition) is 6. The lowest BCUT2D eigenvalue weighted by Crippen LogP contribution is -2.17. The molecular weight excluding hydrogens is 420 g/mol. The molecule has 1 saturated carbocycles. The van der Waals surface area contributed by atoms with Crippen molar-refractivity contribution in [3.8, 4) is 11.3 Å². The van der Waals surface area contributed by atoms with Crippen LogP contribution in [-0.2, 0) is 0 Å². The maximum atomic E-state index is 6.52. The van der Waals surface area contributed by atoms with Gasteiger partial charge in [-0.05, 0) is 48.6 Å². The lowest BCUT2D eigenvalue weighted by molar-refractivity contribution is 0.788. The van der Waals surface area contributed by atoms with Gasteiger partial charge in [-0.3, -0.25) is 4.98 Å². The van der Waals surface area contributed by atoms with Gasteiger partial charge in [0.15, 0.2) is 0 Å². The van der Waals surface area contributed by atoms with E-state index in [2.05, 4.69) is 39.0 Å². The van der Waals surface area contributed by atoms with E-state index >= 15 is 0 Å². The summed E-state index contributed by atoms with van der Waals surface area (Å²) in [5.74, 6) is 0.475. The molecule has 1 unspecified atom stereocenters. The fourth-order valence-electron chi connectivity index (χ4n) is 3.22. The standard InChI is InChI=1S/C22H19ClN4S2/c23-16-9-10-19(24)26-20(16)21(27-29-14-7-8-14)18-12-13-4-3-5-15(22(13)28-18)17-6-1-2-11-25-17/h1-6,9-12,14,21,27H,7-8H2,(H2,24,26). The number of anilines is 1. The third kappa shape index (κ3) is 3.98. The number of nitrogens with two attached hydrogens (primary N) is 1. The highest BCUT2D eigenvalue weighted by Gasteiger charge is 2.27. The molecule has 5 rings (SSSR count). The summed E-state index contributed by atoms with van der Waals surface area (Å²) >= 11 is 10.0. The van der Waals surface area contributed by atoms with Crippen molar-refractivity contribution < 1.29 is 0 Å². The normalized spacial score (nSPS) is 14.9. The van der Waals surface area contributed by atoms with Crippen molar-refractivity contribution in [1.82, 2.24) is 14.7 Å². The van der Waals surface area contributed by atoms with Crippen molar-refractivity contribution in [2.75, 3.05) is 5.73 Å². The largest absolute Gasteiger partial charge is 0.384 e. The number of benzene rings is 1. The van der Waals surface area contributed by atoms with Crippen LogP contribution in [0.1, 0.15) is 29.5 Å². The minimum Gasteiger partial charge on any atom is -0.384 e. The van der Waals surface area contributed by atoms with Crippen LogP contribution in [0.4, 0.5) is 5.82 Å². The first-order valence-corrected chi connectivity index (χ1v) is 11.5. The number of pyridine rings is 2. The Morgan fingerprint density at radius 3 is 2.83 bits per heavy atom. The van der Waals surface area contributed by atoms with Gasteiger partial charge < -0.3 is 5.73 Å². The molecule has 0 saturated heterocycles. The summed E-state index contributed by atoms with van der Waals surface area (Å²) in [5.41, 5.74) is 8.86. The van der Waals surface area contributed by atoms with Gasteiger partial charge in [0.1, 0.15) is 5.82 Å². The van der Waals surface area contributed by atoms with Crippen LogP contribution < -0.4 is 10.5 Å². The first kappa shape index (κ1) is 18.9. The van der Waals surface area contributed by atoms with E-state index in [0.29, 0.717) is 16.1 Å². The molecular formula is C22H19ClN4S2. The van der Waals surface area contributed by atoms with Gasteiger partial charge in [-0.2, -0.15) is 0 Å². The summed E-state index contributed by atoms with van der Waals surface area (Å²) in [6.45, 7) is 0. The summed E-state index contributed by atoms with van der Waals surface area (Å²) in [6.07, 6.45) is 4.33. The van der Waals surface area contributed by atoms with Crippen molar-refractivity contribution in [3.05, 3.63) is 76.4 Å². The highest BCUT2D eigenvalue weighted by Crippen LogP contribution is 2.41. The Bertz CT molecular complexity index is 1160. The van der Waals surface area contributed by atoms with Crippen molar-refractivity contribution in [3.63, 3.8) is 0 Å². The summed E-state index contributed by atoms with van der Waals surface area (Å²) < 4.78 is 4.82. The predicted molar refractivity (Wildman–Crippen MR) is 124 cm³/mol. The molecule has 1 aliphatic carbocycles. The maximum absolute atomic E-state index is 6.52. The molecule has 3 heterocycles. The molecule has 29 heavy (non-hydrogen) atoms. The summed E-state index contributed by atoms with van der Waals surface area (Å²) in [5, 5.41) is 2.47. The van der Waals surface area contributed by atoms with E-state index in [1.807, 2.05) is 30.5 Å². The van der Waals surface area contributed by atoms with Crippen molar-refractivity contribution in [2.24, 2.45) is 0 Å². The maximum Gasteiger partial charge on any atom is 0.123 e. The Kier molecular flexibility index (Phi) is 5.18. The molecule has 146 valence electrons. The molecule has 4 nitrogen and oxygen atoms in total. The van der Waals surface area contributed by atoms with E-state index in [0.717, 1.165) is 21.8 Å². The highest BCUT2D eigenvalue weighted by molar-refractivity contribution is 7.98.